The summed E-state index contributed by atoms with van der Waals surface area (Å²) < 4.78 is 26.5. The Kier molecular flexibility index (Phi) is 4.01. The zero-order chi connectivity index (χ0) is 12.5. The standard InChI is InChI=1S/C9H11BrF2N2O2/c1-4(9(15)16)3-14-5(2)6(10)7(13-14)8(11)12/h4,8H,3H2,1-2H3,(H,15,16)/t4-/m0/s1. The Morgan fingerprint density at radius 2 is 2.19 bits per heavy atom. The second kappa shape index (κ2) is 4.90. The Balaban J connectivity index is 2.98. The van der Waals surface area contributed by atoms with Gasteiger partial charge >= 0.3 is 5.97 Å². The molecule has 1 aromatic heterocycles. The molecule has 0 amide bonds. The molecule has 0 bridgehead atoms. The number of carboxylic acids is 1. The molecule has 1 aromatic rings. The van der Waals surface area contributed by atoms with Crippen molar-refractivity contribution in [3.63, 3.8) is 0 Å². The van der Waals surface area contributed by atoms with Crippen LogP contribution in [0.3, 0.4) is 0 Å². The van der Waals surface area contributed by atoms with Gasteiger partial charge in [0.15, 0.2) is 0 Å². The van der Waals surface area contributed by atoms with Crippen LogP contribution in [0, 0.1) is 12.8 Å². The summed E-state index contributed by atoms with van der Waals surface area (Å²) in [5, 5.41) is 12.4. The van der Waals surface area contributed by atoms with Crippen LogP contribution in [0.4, 0.5) is 8.78 Å². The van der Waals surface area contributed by atoms with Crippen LogP contribution < -0.4 is 0 Å². The molecule has 1 atom stereocenters. The second-order valence-electron chi connectivity index (χ2n) is 3.51. The molecule has 0 aliphatic carbocycles. The van der Waals surface area contributed by atoms with Gasteiger partial charge in [0, 0.05) is 0 Å². The van der Waals surface area contributed by atoms with E-state index in [2.05, 4.69) is 21.0 Å². The zero-order valence-electron chi connectivity index (χ0n) is 8.75. The van der Waals surface area contributed by atoms with Crippen LogP contribution in [0.15, 0.2) is 4.47 Å². The van der Waals surface area contributed by atoms with Crippen molar-refractivity contribution in [3.05, 3.63) is 15.9 Å². The summed E-state index contributed by atoms with van der Waals surface area (Å²) in [4.78, 5) is 10.6. The number of hydrogen-bond acceptors (Lipinski definition) is 2. The van der Waals surface area contributed by atoms with Gasteiger partial charge in [0.25, 0.3) is 6.43 Å². The SMILES string of the molecule is Cc1c(Br)c(C(F)F)nn1C[C@H](C)C(=O)O. The first-order valence-electron chi connectivity index (χ1n) is 4.58. The van der Waals surface area contributed by atoms with Gasteiger partial charge in [-0.2, -0.15) is 5.10 Å². The largest absolute Gasteiger partial charge is 0.481 e. The van der Waals surface area contributed by atoms with E-state index >= 15 is 0 Å². The van der Waals surface area contributed by atoms with Crippen LogP contribution in [0.2, 0.25) is 0 Å². The van der Waals surface area contributed by atoms with Gasteiger partial charge in [0.05, 0.1) is 22.6 Å². The van der Waals surface area contributed by atoms with E-state index in [0.29, 0.717) is 5.69 Å². The maximum Gasteiger partial charge on any atom is 0.308 e. The number of hydrogen-bond donors (Lipinski definition) is 1. The van der Waals surface area contributed by atoms with E-state index in [9.17, 15) is 13.6 Å². The first-order valence-corrected chi connectivity index (χ1v) is 5.37. The topological polar surface area (TPSA) is 55.1 Å². The first-order chi connectivity index (χ1) is 7.34. The van der Waals surface area contributed by atoms with Gasteiger partial charge in [-0.3, -0.25) is 9.48 Å². The molecular formula is C9H11BrF2N2O2. The summed E-state index contributed by atoms with van der Waals surface area (Å²) in [7, 11) is 0. The number of alkyl halides is 2. The Labute approximate surface area is 99.4 Å². The van der Waals surface area contributed by atoms with Crippen LogP contribution >= 0.6 is 15.9 Å². The summed E-state index contributed by atoms with van der Waals surface area (Å²) in [6.07, 6.45) is -2.67. The summed E-state index contributed by atoms with van der Waals surface area (Å²) in [6.45, 7) is 3.18. The zero-order valence-corrected chi connectivity index (χ0v) is 10.3. The van der Waals surface area contributed by atoms with E-state index in [-0.39, 0.29) is 16.7 Å². The number of carboxylic acid groups (broad SMARTS) is 1. The molecule has 7 heteroatoms. The molecule has 0 aromatic carbocycles. The van der Waals surface area contributed by atoms with E-state index in [0.717, 1.165) is 0 Å². The van der Waals surface area contributed by atoms with E-state index in [1.54, 1.807) is 6.92 Å². The lowest BCUT2D eigenvalue weighted by Crippen LogP contribution is -2.18. The number of aromatic nitrogens is 2. The predicted molar refractivity (Wildman–Crippen MR) is 56.4 cm³/mol. The summed E-state index contributed by atoms with van der Waals surface area (Å²) in [5.41, 5.74) is 0.151. The molecule has 0 saturated carbocycles. The number of nitrogens with zero attached hydrogens (tertiary/aromatic N) is 2. The molecule has 1 rings (SSSR count). The van der Waals surface area contributed by atoms with E-state index in [1.165, 1.54) is 11.6 Å². The molecule has 0 aliphatic rings. The lowest BCUT2D eigenvalue weighted by molar-refractivity contribution is -0.141. The Hall–Kier alpha value is -0.980. The van der Waals surface area contributed by atoms with Crippen LogP contribution in [0.1, 0.15) is 24.7 Å². The fourth-order valence-corrected chi connectivity index (χ4v) is 1.66. The van der Waals surface area contributed by atoms with Gasteiger partial charge in [-0.25, -0.2) is 8.78 Å². The minimum Gasteiger partial charge on any atom is -0.481 e. The van der Waals surface area contributed by atoms with Crippen LogP contribution in [-0.4, -0.2) is 20.9 Å². The van der Waals surface area contributed by atoms with Crippen molar-refractivity contribution < 1.29 is 18.7 Å². The molecule has 0 aliphatic heterocycles. The van der Waals surface area contributed by atoms with Crippen molar-refractivity contribution >= 4 is 21.9 Å². The third-order valence-electron chi connectivity index (χ3n) is 2.23. The van der Waals surface area contributed by atoms with Crippen molar-refractivity contribution in [2.24, 2.45) is 5.92 Å². The molecule has 0 saturated heterocycles. The summed E-state index contributed by atoms with van der Waals surface area (Å²) >= 11 is 3.02. The molecule has 1 N–H and O–H groups in total. The average Bonchev–Trinajstić information content (AvgIpc) is 2.46. The minimum atomic E-state index is -2.67. The lowest BCUT2D eigenvalue weighted by atomic mass is 10.2. The average molecular weight is 297 g/mol. The molecule has 1 heterocycles. The van der Waals surface area contributed by atoms with E-state index in [4.69, 9.17) is 5.11 Å². The minimum absolute atomic E-state index is 0.0759. The van der Waals surface area contributed by atoms with Gasteiger partial charge in [0.2, 0.25) is 0 Å². The van der Waals surface area contributed by atoms with Crippen molar-refractivity contribution in [2.75, 3.05) is 0 Å². The van der Waals surface area contributed by atoms with Gasteiger partial charge in [-0.05, 0) is 22.9 Å². The molecule has 0 spiro atoms. The number of carbonyl (C=O) groups is 1. The highest BCUT2D eigenvalue weighted by atomic mass is 79.9. The van der Waals surface area contributed by atoms with Gasteiger partial charge in [0.1, 0.15) is 5.69 Å². The number of halogens is 3. The summed E-state index contributed by atoms with van der Waals surface area (Å²) in [5.74, 6) is -1.65. The fraction of sp³-hybridized carbons (Fsp3) is 0.556. The quantitative estimate of drug-likeness (QED) is 0.929. The van der Waals surface area contributed by atoms with Crippen molar-refractivity contribution in [2.45, 2.75) is 26.8 Å². The van der Waals surface area contributed by atoms with E-state index < -0.39 is 18.3 Å². The van der Waals surface area contributed by atoms with Gasteiger partial charge < -0.3 is 5.11 Å². The van der Waals surface area contributed by atoms with Crippen LogP contribution in [0.25, 0.3) is 0 Å². The highest BCUT2D eigenvalue weighted by Crippen LogP contribution is 2.29. The predicted octanol–water partition coefficient (Wildman–Crippen LogP) is 2.61. The molecule has 0 radical (unpaired) electrons. The third kappa shape index (κ3) is 2.58. The smallest absolute Gasteiger partial charge is 0.308 e. The van der Waals surface area contributed by atoms with Crippen LogP contribution in [-0.2, 0) is 11.3 Å². The number of rotatable bonds is 4. The van der Waals surface area contributed by atoms with Gasteiger partial charge in [-0.15, -0.1) is 0 Å². The van der Waals surface area contributed by atoms with E-state index in [1.807, 2.05) is 0 Å². The normalized spacial score (nSPS) is 13.1. The first kappa shape index (κ1) is 13.1. The lowest BCUT2D eigenvalue weighted by Gasteiger charge is -2.07. The monoisotopic (exact) mass is 296 g/mol. The van der Waals surface area contributed by atoms with Crippen molar-refractivity contribution in [1.82, 2.24) is 9.78 Å². The fourth-order valence-electron chi connectivity index (χ4n) is 1.20. The van der Waals surface area contributed by atoms with Crippen LogP contribution in [0.5, 0.6) is 0 Å². The Morgan fingerprint density at radius 3 is 2.56 bits per heavy atom. The van der Waals surface area contributed by atoms with Crippen molar-refractivity contribution in [3.8, 4) is 0 Å². The highest BCUT2D eigenvalue weighted by molar-refractivity contribution is 9.10. The van der Waals surface area contributed by atoms with Gasteiger partial charge in [-0.1, -0.05) is 6.92 Å². The molecule has 16 heavy (non-hydrogen) atoms. The highest BCUT2D eigenvalue weighted by Gasteiger charge is 2.22. The Bertz CT molecular complexity index is 406. The molecule has 90 valence electrons. The third-order valence-corrected chi connectivity index (χ3v) is 3.21. The maximum absolute atomic E-state index is 12.5. The number of aliphatic carboxylic acids is 1. The van der Waals surface area contributed by atoms with Crippen molar-refractivity contribution in [1.29, 1.82) is 0 Å². The molecule has 0 unspecified atom stereocenters. The molecular weight excluding hydrogens is 286 g/mol. The maximum atomic E-state index is 12.5. The second-order valence-corrected chi connectivity index (χ2v) is 4.30. The Morgan fingerprint density at radius 1 is 1.62 bits per heavy atom. The summed E-state index contributed by atoms with van der Waals surface area (Å²) in [6, 6.07) is 0. The molecule has 0 fully saturated rings. The molecule has 4 nitrogen and oxygen atoms in total.